The van der Waals surface area contributed by atoms with Crippen LogP contribution in [0.5, 0.6) is 0 Å². The average Bonchev–Trinajstić information content (AvgIpc) is 3.08. The van der Waals surface area contributed by atoms with Crippen molar-refractivity contribution < 1.29 is 14.4 Å². The first-order valence-electron chi connectivity index (χ1n) is 9.46. The Kier molecular flexibility index (Phi) is 6.47. The van der Waals surface area contributed by atoms with Gasteiger partial charge in [-0.05, 0) is 56.5 Å². The molecule has 9 heteroatoms. The van der Waals surface area contributed by atoms with Crippen LogP contribution in [0.1, 0.15) is 32.1 Å². The SMILES string of the molecule is Cl.O=C1NC(CCC(=O)N2C3CCNCC2CC3)C(=O)N1c1ccc(Cl)cc1. The van der Waals surface area contributed by atoms with Crippen LogP contribution in [0.15, 0.2) is 24.3 Å². The second kappa shape index (κ2) is 8.68. The molecule has 3 aliphatic rings. The summed E-state index contributed by atoms with van der Waals surface area (Å²) in [4.78, 5) is 40.8. The van der Waals surface area contributed by atoms with E-state index < -0.39 is 12.1 Å². The lowest BCUT2D eigenvalue weighted by Crippen LogP contribution is -2.43. The van der Waals surface area contributed by atoms with Crippen molar-refractivity contribution >= 4 is 47.5 Å². The molecule has 7 nitrogen and oxygen atoms in total. The zero-order valence-electron chi connectivity index (χ0n) is 15.4. The summed E-state index contributed by atoms with van der Waals surface area (Å²) in [6, 6.07) is 5.97. The van der Waals surface area contributed by atoms with E-state index in [4.69, 9.17) is 11.6 Å². The monoisotopic (exact) mass is 426 g/mol. The number of nitrogens with one attached hydrogen (secondary N) is 2. The van der Waals surface area contributed by atoms with Crippen molar-refractivity contribution in [2.24, 2.45) is 0 Å². The van der Waals surface area contributed by atoms with Crippen LogP contribution in [0.25, 0.3) is 0 Å². The molecule has 0 radical (unpaired) electrons. The Bertz CT molecular complexity index is 744. The molecule has 4 rings (SSSR count). The molecule has 3 aliphatic heterocycles. The summed E-state index contributed by atoms with van der Waals surface area (Å²) >= 11 is 5.87. The van der Waals surface area contributed by atoms with Crippen molar-refractivity contribution in [2.75, 3.05) is 18.0 Å². The van der Waals surface area contributed by atoms with Gasteiger partial charge in [0.15, 0.2) is 0 Å². The molecule has 0 aliphatic carbocycles. The molecule has 152 valence electrons. The summed E-state index contributed by atoms with van der Waals surface area (Å²) in [6.07, 6.45) is 3.65. The second-order valence-corrected chi connectivity index (χ2v) is 7.81. The molecule has 3 unspecified atom stereocenters. The number of rotatable bonds is 4. The standard InChI is InChI=1S/C19H23ClN4O3.ClH/c20-12-1-3-13(4-2-12)24-18(26)16(22-19(24)27)7-8-17(25)23-14-5-6-15(23)11-21-10-9-14;/h1-4,14-16,21H,5-11H2,(H,22,27);1H. The Hall–Kier alpha value is -1.83. The van der Waals surface area contributed by atoms with Crippen LogP contribution in [-0.4, -0.2) is 54.0 Å². The van der Waals surface area contributed by atoms with E-state index in [1.54, 1.807) is 24.3 Å². The highest BCUT2D eigenvalue weighted by Gasteiger charge is 2.41. The fourth-order valence-electron chi connectivity index (χ4n) is 4.35. The van der Waals surface area contributed by atoms with Gasteiger partial charge in [-0.3, -0.25) is 9.59 Å². The highest BCUT2D eigenvalue weighted by Crippen LogP contribution is 2.29. The number of carbonyl (C=O) groups is 3. The zero-order valence-corrected chi connectivity index (χ0v) is 17.0. The number of nitrogens with zero attached hydrogens (tertiary/aromatic N) is 2. The summed E-state index contributed by atoms with van der Waals surface area (Å²) in [6.45, 7) is 1.78. The van der Waals surface area contributed by atoms with Gasteiger partial charge in [-0.2, -0.15) is 0 Å². The Morgan fingerprint density at radius 1 is 1.11 bits per heavy atom. The minimum atomic E-state index is -0.667. The third-order valence-electron chi connectivity index (χ3n) is 5.69. The minimum absolute atomic E-state index is 0. The number of amides is 4. The summed E-state index contributed by atoms with van der Waals surface area (Å²) in [7, 11) is 0. The molecule has 3 fully saturated rings. The molecule has 3 saturated heterocycles. The second-order valence-electron chi connectivity index (χ2n) is 7.37. The summed E-state index contributed by atoms with van der Waals surface area (Å²) in [5.74, 6) is -0.242. The summed E-state index contributed by atoms with van der Waals surface area (Å²) in [5, 5.41) is 6.61. The van der Waals surface area contributed by atoms with Crippen molar-refractivity contribution in [1.29, 1.82) is 0 Å². The van der Waals surface area contributed by atoms with Gasteiger partial charge in [0.1, 0.15) is 6.04 Å². The van der Waals surface area contributed by atoms with Gasteiger partial charge in [-0.25, -0.2) is 9.69 Å². The van der Waals surface area contributed by atoms with E-state index in [2.05, 4.69) is 10.6 Å². The van der Waals surface area contributed by atoms with E-state index in [0.29, 0.717) is 23.2 Å². The maximum absolute atomic E-state index is 12.8. The average molecular weight is 427 g/mol. The molecular formula is C19H24Cl2N4O3. The van der Waals surface area contributed by atoms with Gasteiger partial charge in [-0.1, -0.05) is 11.6 Å². The van der Waals surface area contributed by atoms with E-state index in [0.717, 1.165) is 37.3 Å². The number of carbonyl (C=O) groups excluding carboxylic acids is 3. The van der Waals surface area contributed by atoms with Crippen molar-refractivity contribution in [3.05, 3.63) is 29.3 Å². The number of hydrogen-bond acceptors (Lipinski definition) is 4. The van der Waals surface area contributed by atoms with Gasteiger partial charge in [0.25, 0.3) is 5.91 Å². The molecule has 0 spiro atoms. The van der Waals surface area contributed by atoms with Crippen molar-refractivity contribution in [3.8, 4) is 0 Å². The van der Waals surface area contributed by atoms with Gasteiger partial charge in [-0.15, -0.1) is 12.4 Å². The fraction of sp³-hybridized carbons (Fsp3) is 0.526. The van der Waals surface area contributed by atoms with Gasteiger partial charge < -0.3 is 15.5 Å². The summed E-state index contributed by atoms with van der Waals surface area (Å²) in [5.41, 5.74) is 0.479. The van der Waals surface area contributed by atoms with Gasteiger partial charge in [0.05, 0.1) is 5.69 Å². The van der Waals surface area contributed by atoms with Gasteiger partial charge in [0, 0.05) is 30.1 Å². The van der Waals surface area contributed by atoms with Crippen molar-refractivity contribution in [3.63, 3.8) is 0 Å². The van der Waals surface area contributed by atoms with Gasteiger partial charge in [0.2, 0.25) is 5.91 Å². The predicted molar refractivity (Wildman–Crippen MR) is 109 cm³/mol. The van der Waals surface area contributed by atoms with E-state index in [9.17, 15) is 14.4 Å². The molecule has 2 N–H and O–H groups in total. The van der Waals surface area contributed by atoms with Crippen LogP contribution >= 0.6 is 24.0 Å². The third-order valence-corrected chi connectivity index (χ3v) is 5.95. The van der Waals surface area contributed by atoms with E-state index >= 15 is 0 Å². The largest absolute Gasteiger partial charge is 0.335 e. The van der Waals surface area contributed by atoms with Crippen molar-refractivity contribution in [1.82, 2.24) is 15.5 Å². The first-order chi connectivity index (χ1) is 13.0. The molecule has 1 aromatic carbocycles. The number of hydrogen-bond donors (Lipinski definition) is 2. The first-order valence-corrected chi connectivity index (χ1v) is 9.84. The van der Waals surface area contributed by atoms with Crippen LogP contribution in [0.3, 0.4) is 0 Å². The molecule has 3 heterocycles. The number of imide groups is 1. The molecule has 0 aromatic heterocycles. The lowest BCUT2D eigenvalue weighted by Gasteiger charge is -2.28. The van der Waals surface area contributed by atoms with E-state index in [1.165, 1.54) is 0 Å². The van der Waals surface area contributed by atoms with Crippen molar-refractivity contribution in [2.45, 2.75) is 50.2 Å². The normalized spacial score (nSPS) is 26.7. The lowest BCUT2D eigenvalue weighted by atomic mass is 10.1. The zero-order chi connectivity index (χ0) is 19.0. The fourth-order valence-corrected chi connectivity index (χ4v) is 4.47. The maximum atomic E-state index is 12.8. The highest BCUT2D eigenvalue weighted by atomic mass is 35.5. The Morgan fingerprint density at radius 2 is 1.82 bits per heavy atom. The molecule has 3 atom stereocenters. The molecular weight excluding hydrogens is 403 g/mol. The summed E-state index contributed by atoms with van der Waals surface area (Å²) < 4.78 is 0. The Balaban J connectivity index is 0.00000225. The van der Waals surface area contributed by atoms with E-state index in [1.807, 2.05) is 4.90 Å². The molecule has 2 bridgehead atoms. The van der Waals surface area contributed by atoms with Gasteiger partial charge >= 0.3 is 6.03 Å². The van der Waals surface area contributed by atoms with Crippen LogP contribution in [-0.2, 0) is 9.59 Å². The molecule has 4 amide bonds. The van der Waals surface area contributed by atoms with Crippen LogP contribution < -0.4 is 15.5 Å². The molecule has 0 saturated carbocycles. The number of fused-ring (bicyclic) bond motifs is 2. The number of benzene rings is 1. The predicted octanol–water partition coefficient (Wildman–Crippen LogP) is 2.32. The maximum Gasteiger partial charge on any atom is 0.329 e. The quantitative estimate of drug-likeness (QED) is 0.723. The third kappa shape index (κ3) is 3.97. The molecule has 28 heavy (non-hydrogen) atoms. The lowest BCUT2D eigenvalue weighted by molar-refractivity contribution is -0.134. The minimum Gasteiger partial charge on any atom is -0.335 e. The number of halogens is 2. The Morgan fingerprint density at radius 3 is 2.57 bits per heavy atom. The Labute approximate surface area is 175 Å². The smallest absolute Gasteiger partial charge is 0.329 e. The topological polar surface area (TPSA) is 81.8 Å². The highest BCUT2D eigenvalue weighted by molar-refractivity contribution is 6.30. The first kappa shape index (κ1) is 20.9. The van der Waals surface area contributed by atoms with Crippen LogP contribution in [0.4, 0.5) is 10.5 Å². The van der Waals surface area contributed by atoms with Crippen LogP contribution in [0, 0.1) is 0 Å². The van der Waals surface area contributed by atoms with E-state index in [-0.39, 0.29) is 36.7 Å². The number of anilines is 1. The van der Waals surface area contributed by atoms with Crippen LogP contribution in [0.2, 0.25) is 5.02 Å². The molecule has 1 aromatic rings. The number of urea groups is 1.